The van der Waals surface area contributed by atoms with Crippen molar-refractivity contribution < 1.29 is 9.50 Å². The van der Waals surface area contributed by atoms with Gasteiger partial charge in [-0.25, -0.2) is 24.3 Å². The standard InChI is InChI=1S/C18H18ClFN6O/c19-13-7-11(3-6-14(13)20)24-17-16-15(22-9-23-17)8-21-18(26-16)25-10-1-4-12(27)5-2-10/h3,6-10,12,27H,1-2,4-5H2,(H,21,25,26)(H,22,23,24)/t10-,12-. The van der Waals surface area contributed by atoms with Crippen LogP contribution >= 0.6 is 11.6 Å². The third kappa shape index (κ3) is 4.06. The maximum atomic E-state index is 13.4. The summed E-state index contributed by atoms with van der Waals surface area (Å²) in [5, 5.41) is 16.1. The third-order valence-electron chi connectivity index (χ3n) is 4.59. The molecular weight excluding hydrogens is 371 g/mol. The second-order valence-electron chi connectivity index (χ2n) is 6.55. The van der Waals surface area contributed by atoms with Gasteiger partial charge in [-0.1, -0.05) is 11.6 Å². The first-order valence-electron chi connectivity index (χ1n) is 8.73. The first kappa shape index (κ1) is 17.8. The Bertz CT molecular complexity index is 964. The Morgan fingerprint density at radius 2 is 1.93 bits per heavy atom. The van der Waals surface area contributed by atoms with Crippen LogP contribution in [0.25, 0.3) is 11.0 Å². The van der Waals surface area contributed by atoms with E-state index in [0.29, 0.717) is 28.5 Å². The minimum absolute atomic E-state index is 0.0230. The summed E-state index contributed by atoms with van der Waals surface area (Å²) in [6.45, 7) is 0. The van der Waals surface area contributed by atoms with Crippen LogP contribution in [0.1, 0.15) is 25.7 Å². The Kier molecular flexibility index (Phi) is 5.00. The quantitative estimate of drug-likeness (QED) is 0.627. The fourth-order valence-electron chi connectivity index (χ4n) is 3.13. The lowest BCUT2D eigenvalue weighted by Gasteiger charge is -2.26. The zero-order valence-corrected chi connectivity index (χ0v) is 15.1. The molecule has 2 aromatic heterocycles. The number of anilines is 3. The van der Waals surface area contributed by atoms with Crippen LogP contribution in [-0.4, -0.2) is 37.2 Å². The number of rotatable bonds is 4. The smallest absolute Gasteiger partial charge is 0.223 e. The van der Waals surface area contributed by atoms with Gasteiger partial charge in [-0.15, -0.1) is 0 Å². The SMILES string of the molecule is O[C@H]1CC[C@H](Nc2ncc3ncnc(Nc4ccc(F)c(Cl)c4)c3n2)CC1. The van der Waals surface area contributed by atoms with Crippen molar-refractivity contribution in [2.45, 2.75) is 37.8 Å². The van der Waals surface area contributed by atoms with Gasteiger partial charge in [0.15, 0.2) is 5.82 Å². The maximum Gasteiger partial charge on any atom is 0.223 e. The number of aromatic nitrogens is 4. The van der Waals surface area contributed by atoms with E-state index >= 15 is 0 Å². The number of nitrogens with zero attached hydrogens (tertiary/aromatic N) is 4. The van der Waals surface area contributed by atoms with E-state index in [1.165, 1.54) is 18.5 Å². The molecule has 0 radical (unpaired) electrons. The highest BCUT2D eigenvalue weighted by molar-refractivity contribution is 6.31. The fourth-order valence-corrected chi connectivity index (χ4v) is 3.31. The molecule has 0 saturated heterocycles. The molecule has 0 unspecified atom stereocenters. The predicted molar refractivity (Wildman–Crippen MR) is 102 cm³/mol. The lowest BCUT2D eigenvalue weighted by molar-refractivity contribution is 0.126. The van der Waals surface area contributed by atoms with Crippen LogP contribution in [0.3, 0.4) is 0 Å². The number of hydrogen-bond donors (Lipinski definition) is 3. The van der Waals surface area contributed by atoms with Gasteiger partial charge in [0, 0.05) is 11.7 Å². The van der Waals surface area contributed by atoms with Crippen molar-refractivity contribution >= 4 is 40.1 Å². The van der Waals surface area contributed by atoms with Crippen molar-refractivity contribution in [1.29, 1.82) is 0 Å². The average Bonchev–Trinajstić information content (AvgIpc) is 2.67. The second-order valence-corrected chi connectivity index (χ2v) is 6.96. The molecule has 1 fully saturated rings. The summed E-state index contributed by atoms with van der Waals surface area (Å²) in [7, 11) is 0. The van der Waals surface area contributed by atoms with Crippen molar-refractivity contribution in [3.8, 4) is 0 Å². The Morgan fingerprint density at radius 3 is 2.70 bits per heavy atom. The molecule has 1 aliphatic rings. The van der Waals surface area contributed by atoms with Crippen LogP contribution < -0.4 is 10.6 Å². The Morgan fingerprint density at radius 1 is 1.11 bits per heavy atom. The summed E-state index contributed by atoms with van der Waals surface area (Å²) in [4.78, 5) is 17.3. The summed E-state index contributed by atoms with van der Waals surface area (Å²) < 4.78 is 13.4. The van der Waals surface area contributed by atoms with E-state index < -0.39 is 5.82 Å². The van der Waals surface area contributed by atoms with E-state index in [-0.39, 0.29) is 17.2 Å². The molecule has 2 heterocycles. The minimum atomic E-state index is -0.485. The number of benzene rings is 1. The number of nitrogens with one attached hydrogen (secondary N) is 2. The molecule has 3 N–H and O–H groups in total. The molecule has 27 heavy (non-hydrogen) atoms. The number of fused-ring (bicyclic) bond motifs is 1. The molecule has 7 nitrogen and oxygen atoms in total. The molecule has 0 atom stereocenters. The highest BCUT2D eigenvalue weighted by Crippen LogP contribution is 2.26. The summed E-state index contributed by atoms with van der Waals surface area (Å²) in [5.74, 6) is 0.479. The number of aliphatic hydroxyl groups is 1. The fraction of sp³-hybridized carbons (Fsp3) is 0.333. The zero-order valence-electron chi connectivity index (χ0n) is 14.4. The molecule has 0 aliphatic heterocycles. The molecule has 0 spiro atoms. The molecule has 1 aliphatic carbocycles. The lowest BCUT2D eigenvalue weighted by atomic mass is 9.93. The van der Waals surface area contributed by atoms with E-state index in [1.807, 2.05) is 0 Å². The van der Waals surface area contributed by atoms with Gasteiger partial charge < -0.3 is 15.7 Å². The molecule has 9 heteroatoms. The molecule has 0 bridgehead atoms. The van der Waals surface area contributed by atoms with Gasteiger partial charge in [-0.05, 0) is 43.9 Å². The Labute approximate surface area is 160 Å². The van der Waals surface area contributed by atoms with Gasteiger partial charge in [0.05, 0.1) is 17.3 Å². The van der Waals surface area contributed by atoms with E-state index in [0.717, 1.165) is 25.7 Å². The van der Waals surface area contributed by atoms with Crippen molar-refractivity contribution in [2.24, 2.45) is 0 Å². The van der Waals surface area contributed by atoms with E-state index in [1.54, 1.807) is 12.3 Å². The first-order chi connectivity index (χ1) is 13.1. The van der Waals surface area contributed by atoms with E-state index in [2.05, 4.69) is 30.6 Å². The predicted octanol–water partition coefficient (Wildman–Crippen LogP) is 3.67. The summed E-state index contributed by atoms with van der Waals surface area (Å²) >= 11 is 5.84. The highest BCUT2D eigenvalue weighted by Gasteiger charge is 2.20. The van der Waals surface area contributed by atoms with Crippen LogP contribution in [0.2, 0.25) is 5.02 Å². The van der Waals surface area contributed by atoms with Crippen LogP contribution in [0.4, 0.5) is 21.8 Å². The van der Waals surface area contributed by atoms with Crippen molar-refractivity contribution in [3.05, 3.63) is 41.6 Å². The van der Waals surface area contributed by atoms with Crippen LogP contribution in [-0.2, 0) is 0 Å². The first-order valence-corrected chi connectivity index (χ1v) is 9.11. The molecule has 140 valence electrons. The molecule has 0 amide bonds. The summed E-state index contributed by atoms with van der Waals surface area (Å²) in [5.41, 5.74) is 1.73. The average molecular weight is 389 g/mol. The summed E-state index contributed by atoms with van der Waals surface area (Å²) in [6.07, 6.45) is 6.10. The maximum absolute atomic E-state index is 13.4. The van der Waals surface area contributed by atoms with Crippen LogP contribution in [0.5, 0.6) is 0 Å². The topological polar surface area (TPSA) is 95.9 Å². The van der Waals surface area contributed by atoms with Crippen molar-refractivity contribution in [1.82, 2.24) is 19.9 Å². The van der Waals surface area contributed by atoms with Crippen molar-refractivity contribution in [2.75, 3.05) is 10.6 Å². The van der Waals surface area contributed by atoms with Crippen LogP contribution in [0, 0.1) is 5.82 Å². The van der Waals surface area contributed by atoms with Crippen molar-refractivity contribution in [3.63, 3.8) is 0 Å². The number of halogens is 2. The number of hydrogen-bond acceptors (Lipinski definition) is 7. The van der Waals surface area contributed by atoms with E-state index in [4.69, 9.17) is 11.6 Å². The zero-order chi connectivity index (χ0) is 18.8. The second kappa shape index (κ2) is 7.58. The molecule has 4 rings (SSSR count). The van der Waals surface area contributed by atoms with Gasteiger partial charge in [-0.3, -0.25) is 0 Å². The third-order valence-corrected chi connectivity index (χ3v) is 4.88. The van der Waals surface area contributed by atoms with Crippen LogP contribution in [0.15, 0.2) is 30.7 Å². The summed E-state index contributed by atoms with van der Waals surface area (Å²) in [6, 6.07) is 4.57. The molecular formula is C18H18ClFN6O. The van der Waals surface area contributed by atoms with Gasteiger partial charge in [0.2, 0.25) is 5.95 Å². The molecule has 1 aromatic carbocycles. The normalized spacial score (nSPS) is 19.8. The largest absolute Gasteiger partial charge is 0.393 e. The highest BCUT2D eigenvalue weighted by atomic mass is 35.5. The van der Waals surface area contributed by atoms with Gasteiger partial charge in [0.25, 0.3) is 0 Å². The minimum Gasteiger partial charge on any atom is -0.393 e. The molecule has 3 aromatic rings. The Balaban J connectivity index is 1.60. The van der Waals surface area contributed by atoms with Gasteiger partial charge in [-0.2, -0.15) is 0 Å². The number of aliphatic hydroxyl groups excluding tert-OH is 1. The lowest BCUT2D eigenvalue weighted by Crippen LogP contribution is -2.28. The molecule has 1 saturated carbocycles. The van der Waals surface area contributed by atoms with E-state index in [9.17, 15) is 9.50 Å². The van der Waals surface area contributed by atoms with Gasteiger partial charge in [0.1, 0.15) is 23.2 Å². The Hall–Kier alpha value is -2.58. The monoisotopic (exact) mass is 388 g/mol. The van der Waals surface area contributed by atoms with Gasteiger partial charge >= 0.3 is 0 Å².